The lowest BCUT2D eigenvalue weighted by atomic mass is 10.1. The van der Waals surface area contributed by atoms with Crippen molar-refractivity contribution in [3.63, 3.8) is 0 Å². The van der Waals surface area contributed by atoms with Crippen molar-refractivity contribution in [2.75, 3.05) is 0 Å². The molecule has 2 N–H and O–H groups in total. The van der Waals surface area contributed by atoms with Gasteiger partial charge in [0.15, 0.2) is 0 Å². The fourth-order valence-electron chi connectivity index (χ4n) is 0.893. The predicted molar refractivity (Wildman–Crippen MR) is 45.2 cm³/mol. The summed E-state index contributed by atoms with van der Waals surface area (Å²) in [5.41, 5.74) is 2.08. The van der Waals surface area contributed by atoms with Gasteiger partial charge in [0.05, 0.1) is 6.61 Å². The molecule has 0 aromatic heterocycles. The van der Waals surface area contributed by atoms with Gasteiger partial charge in [-0.3, -0.25) is 4.84 Å². The van der Waals surface area contributed by atoms with Crippen molar-refractivity contribution >= 4 is 11.6 Å². The molecular weight excluding hydrogens is 162 g/mol. The molecule has 2 nitrogen and oxygen atoms in total. The van der Waals surface area contributed by atoms with Gasteiger partial charge in [-0.2, -0.15) is 0 Å². The molecule has 11 heavy (non-hydrogen) atoms. The topological polar surface area (TPSA) is 35.2 Å². The van der Waals surface area contributed by atoms with Gasteiger partial charge in [0, 0.05) is 5.02 Å². The lowest BCUT2D eigenvalue weighted by Crippen LogP contribution is -1.98. The van der Waals surface area contributed by atoms with E-state index < -0.39 is 0 Å². The molecule has 0 spiro atoms. The highest BCUT2D eigenvalue weighted by Gasteiger charge is 1.96. The molecule has 3 heteroatoms. The third kappa shape index (κ3) is 2.19. The van der Waals surface area contributed by atoms with Crippen LogP contribution in [0.4, 0.5) is 0 Å². The fourth-order valence-corrected chi connectivity index (χ4v) is 1.01. The molecule has 0 radical (unpaired) electrons. The molecule has 0 fully saturated rings. The van der Waals surface area contributed by atoms with Crippen molar-refractivity contribution in [1.29, 1.82) is 0 Å². The van der Waals surface area contributed by atoms with Crippen LogP contribution in [0.15, 0.2) is 18.2 Å². The second-order valence-corrected chi connectivity index (χ2v) is 2.80. The van der Waals surface area contributed by atoms with Gasteiger partial charge in [0.25, 0.3) is 0 Å². The summed E-state index contributed by atoms with van der Waals surface area (Å²) in [5.74, 6) is 4.92. The van der Waals surface area contributed by atoms with Crippen LogP contribution in [0, 0.1) is 6.92 Å². The molecule has 0 unspecified atom stereocenters. The Morgan fingerprint density at radius 3 is 2.82 bits per heavy atom. The molecule has 0 aliphatic heterocycles. The Balaban J connectivity index is 2.86. The first-order chi connectivity index (χ1) is 5.24. The molecule has 0 amide bonds. The zero-order valence-corrected chi connectivity index (χ0v) is 7.06. The molecule has 1 rings (SSSR count). The Labute approximate surface area is 70.9 Å². The summed E-state index contributed by atoms with van der Waals surface area (Å²) in [5, 5.41) is 0.769. The molecule has 0 bridgehead atoms. The maximum atomic E-state index is 5.81. The molecule has 1 aromatic rings. The molecule has 0 saturated heterocycles. The van der Waals surface area contributed by atoms with E-state index in [-0.39, 0.29) is 0 Å². The van der Waals surface area contributed by atoms with E-state index in [1.54, 1.807) is 0 Å². The highest BCUT2D eigenvalue weighted by atomic mass is 35.5. The van der Waals surface area contributed by atoms with Crippen LogP contribution in [0.3, 0.4) is 0 Å². The zero-order valence-electron chi connectivity index (χ0n) is 6.30. The van der Waals surface area contributed by atoms with Crippen molar-refractivity contribution in [2.24, 2.45) is 5.90 Å². The zero-order chi connectivity index (χ0) is 8.27. The maximum Gasteiger partial charge on any atom is 0.0930 e. The van der Waals surface area contributed by atoms with E-state index in [2.05, 4.69) is 4.84 Å². The second-order valence-electron chi connectivity index (χ2n) is 2.39. The number of hydrogen-bond donors (Lipinski definition) is 1. The Morgan fingerprint density at radius 2 is 2.27 bits per heavy atom. The smallest absolute Gasteiger partial charge is 0.0930 e. The van der Waals surface area contributed by atoms with Gasteiger partial charge < -0.3 is 0 Å². The van der Waals surface area contributed by atoms with Gasteiger partial charge in [-0.15, -0.1) is 0 Å². The first-order valence-electron chi connectivity index (χ1n) is 3.30. The summed E-state index contributed by atoms with van der Waals surface area (Å²) in [7, 11) is 0. The quantitative estimate of drug-likeness (QED) is 0.692. The van der Waals surface area contributed by atoms with Crippen LogP contribution >= 0.6 is 11.6 Å². The van der Waals surface area contributed by atoms with Gasteiger partial charge in [0.1, 0.15) is 0 Å². The predicted octanol–water partition coefficient (Wildman–Crippen LogP) is 2.04. The van der Waals surface area contributed by atoms with Crippen LogP contribution in [-0.4, -0.2) is 0 Å². The van der Waals surface area contributed by atoms with Crippen molar-refractivity contribution in [3.05, 3.63) is 34.3 Å². The van der Waals surface area contributed by atoms with Crippen LogP contribution < -0.4 is 5.90 Å². The van der Waals surface area contributed by atoms with Gasteiger partial charge in [0.2, 0.25) is 0 Å². The second kappa shape index (κ2) is 3.72. The Kier molecular flexibility index (Phi) is 2.88. The lowest BCUT2D eigenvalue weighted by Gasteiger charge is -2.01. The first-order valence-corrected chi connectivity index (χ1v) is 3.68. The molecule has 0 heterocycles. The minimum Gasteiger partial charge on any atom is -0.300 e. The Hall–Kier alpha value is -0.570. The minimum absolute atomic E-state index is 0.429. The summed E-state index contributed by atoms with van der Waals surface area (Å²) < 4.78 is 0. The van der Waals surface area contributed by atoms with E-state index in [1.807, 2.05) is 25.1 Å². The Bertz CT molecular complexity index is 250. The summed E-state index contributed by atoms with van der Waals surface area (Å²) in [6.07, 6.45) is 0. The number of aryl methyl sites for hydroxylation is 1. The largest absolute Gasteiger partial charge is 0.300 e. The van der Waals surface area contributed by atoms with Crippen molar-refractivity contribution in [3.8, 4) is 0 Å². The molecular formula is C8H10ClNO. The average Bonchev–Trinajstić information content (AvgIpc) is 1.98. The average molecular weight is 172 g/mol. The number of benzene rings is 1. The number of rotatable bonds is 2. The van der Waals surface area contributed by atoms with E-state index in [1.165, 1.54) is 0 Å². The summed E-state index contributed by atoms with van der Waals surface area (Å²) >= 11 is 5.81. The fraction of sp³-hybridized carbons (Fsp3) is 0.250. The molecule has 0 atom stereocenters. The highest BCUT2D eigenvalue weighted by Crippen LogP contribution is 2.16. The monoisotopic (exact) mass is 171 g/mol. The molecule has 0 saturated carbocycles. The molecule has 0 aliphatic carbocycles. The van der Waals surface area contributed by atoms with Crippen molar-refractivity contribution in [1.82, 2.24) is 0 Å². The van der Waals surface area contributed by atoms with E-state index >= 15 is 0 Å². The van der Waals surface area contributed by atoms with E-state index in [0.717, 1.165) is 16.1 Å². The maximum absolute atomic E-state index is 5.81. The van der Waals surface area contributed by atoms with Crippen LogP contribution in [0.25, 0.3) is 0 Å². The lowest BCUT2D eigenvalue weighted by molar-refractivity contribution is 0.124. The molecule has 1 aromatic carbocycles. The number of nitrogens with two attached hydrogens (primary N) is 1. The standard InChI is InChI=1S/C8H10ClNO/c1-6-4-7(5-11-10)2-3-8(6)9/h2-4H,5,10H2,1H3. The number of hydrogen-bond acceptors (Lipinski definition) is 2. The van der Waals surface area contributed by atoms with E-state index in [9.17, 15) is 0 Å². The van der Waals surface area contributed by atoms with E-state index in [4.69, 9.17) is 17.5 Å². The van der Waals surface area contributed by atoms with E-state index in [0.29, 0.717) is 6.61 Å². The molecule has 0 aliphatic rings. The summed E-state index contributed by atoms with van der Waals surface area (Å²) in [6, 6.07) is 5.68. The van der Waals surface area contributed by atoms with Crippen LogP contribution in [0.2, 0.25) is 5.02 Å². The third-order valence-electron chi connectivity index (χ3n) is 1.47. The summed E-state index contributed by atoms with van der Waals surface area (Å²) in [4.78, 5) is 4.48. The first kappa shape index (κ1) is 8.53. The van der Waals surface area contributed by atoms with Gasteiger partial charge in [-0.05, 0) is 24.1 Å². The summed E-state index contributed by atoms with van der Waals surface area (Å²) in [6.45, 7) is 2.38. The highest BCUT2D eigenvalue weighted by molar-refractivity contribution is 6.31. The van der Waals surface area contributed by atoms with Crippen molar-refractivity contribution in [2.45, 2.75) is 13.5 Å². The minimum atomic E-state index is 0.429. The van der Waals surface area contributed by atoms with Crippen LogP contribution in [0.5, 0.6) is 0 Å². The SMILES string of the molecule is Cc1cc(CON)ccc1Cl. The van der Waals surface area contributed by atoms with Gasteiger partial charge in [-0.1, -0.05) is 23.7 Å². The van der Waals surface area contributed by atoms with Crippen molar-refractivity contribution < 1.29 is 4.84 Å². The van der Waals surface area contributed by atoms with Crippen LogP contribution in [0.1, 0.15) is 11.1 Å². The number of halogens is 1. The Morgan fingerprint density at radius 1 is 1.55 bits per heavy atom. The van der Waals surface area contributed by atoms with Gasteiger partial charge >= 0.3 is 0 Å². The van der Waals surface area contributed by atoms with Gasteiger partial charge in [-0.25, -0.2) is 5.90 Å². The normalized spacial score (nSPS) is 10.1. The van der Waals surface area contributed by atoms with Crippen LogP contribution in [-0.2, 0) is 11.4 Å². The third-order valence-corrected chi connectivity index (χ3v) is 1.90. The molecule has 60 valence electrons.